The first-order valence-corrected chi connectivity index (χ1v) is 9.50. The van der Waals surface area contributed by atoms with E-state index in [1.54, 1.807) is 0 Å². The van der Waals surface area contributed by atoms with E-state index in [-0.39, 0.29) is 5.16 Å². The number of halogens is 1. The average Bonchev–Trinajstić information content (AvgIpc) is 2.55. The van der Waals surface area contributed by atoms with Gasteiger partial charge in [0.05, 0.1) is 0 Å². The van der Waals surface area contributed by atoms with Crippen LogP contribution in [0, 0.1) is 0 Å². The number of hydrogen-bond acceptors (Lipinski definition) is 6. The summed E-state index contributed by atoms with van der Waals surface area (Å²) in [5.74, 6) is 0. The Hall–Kier alpha value is -1.70. The van der Waals surface area contributed by atoms with E-state index in [9.17, 15) is 8.42 Å². The van der Waals surface area contributed by atoms with Crippen LogP contribution in [0.3, 0.4) is 0 Å². The van der Waals surface area contributed by atoms with Crippen LogP contribution in [-0.2, 0) is 9.84 Å². The van der Waals surface area contributed by atoms with E-state index in [1.165, 1.54) is 12.4 Å². The van der Waals surface area contributed by atoms with Crippen molar-refractivity contribution in [2.45, 2.75) is 5.16 Å². The van der Waals surface area contributed by atoms with Gasteiger partial charge in [-0.2, -0.15) is 0 Å². The molecule has 1 N–H and O–H groups in total. The largest absolute Gasteiger partial charge is 0.368 e. The standard InChI is InChI=1S/C15H17ClN4O2S/c1-23(21,22)15-18-9-11(10-19-15)13-8-12(16)2-3-14(13)20-6-4-17-5-7-20/h2-3,8-10,17H,4-7H2,1H3. The predicted molar refractivity (Wildman–Crippen MR) is 90.7 cm³/mol. The van der Waals surface area contributed by atoms with Gasteiger partial charge in [-0.15, -0.1) is 0 Å². The van der Waals surface area contributed by atoms with Gasteiger partial charge in [0.15, 0.2) is 0 Å². The molecule has 8 heteroatoms. The molecule has 0 saturated carbocycles. The number of hydrogen-bond donors (Lipinski definition) is 1. The molecule has 0 bridgehead atoms. The molecular weight excluding hydrogens is 336 g/mol. The summed E-state index contributed by atoms with van der Waals surface area (Å²) in [5, 5.41) is 3.76. The Kier molecular flexibility index (Phi) is 4.52. The summed E-state index contributed by atoms with van der Waals surface area (Å²) in [7, 11) is -3.41. The quantitative estimate of drug-likeness (QED) is 0.846. The summed E-state index contributed by atoms with van der Waals surface area (Å²) < 4.78 is 23.0. The molecule has 1 aromatic carbocycles. The van der Waals surface area contributed by atoms with Crippen LogP contribution in [0.2, 0.25) is 5.02 Å². The lowest BCUT2D eigenvalue weighted by molar-refractivity contribution is 0.589. The van der Waals surface area contributed by atoms with Crippen molar-refractivity contribution in [3.63, 3.8) is 0 Å². The highest BCUT2D eigenvalue weighted by atomic mass is 35.5. The van der Waals surface area contributed by atoms with Crippen LogP contribution in [0.25, 0.3) is 11.1 Å². The summed E-state index contributed by atoms with van der Waals surface area (Å²) in [6, 6.07) is 5.69. The van der Waals surface area contributed by atoms with Gasteiger partial charge in [-0.25, -0.2) is 18.4 Å². The second-order valence-corrected chi connectivity index (χ2v) is 7.77. The SMILES string of the molecule is CS(=O)(=O)c1ncc(-c2cc(Cl)ccc2N2CCNCC2)cn1. The number of nitrogens with zero attached hydrogens (tertiary/aromatic N) is 3. The second kappa shape index (κ2) is 6.43. The highest BCUT2D eigenvalue weighted by Gasteiger charge is 2.17. The van der Waals surface area contributed by atoms with E-state index in [2.05, 4.69) is 20.2 Å². The van der Waals surface area contributed by atoms with Crippen LogP contribution < -0.4 is 10.2 Å². The molecule has 1 aliphatic rings. The van der Waals surface area contributed by atoms with Crippen LogP contribution in [0.15, 0.2) is 35.7 Å². The van der Waals surface area contributed by atoms with E-state index in [1.807, 2.05) is 18.2 Å². The molecule has 6 nitrogen and oxygen atoms in total. The molecule has 0 amide bonds. The summed E-state index contributed by atoms with van der Waals surface area (Å²) >= 11 is 6.14. The molecule has 1 saturated heterocycles. The molecule has 1 aliphatic heterocycles. The third-order valence-corrected chi connectivity index (χ3v) is 4.80. The molecule has 3 rings (SSSR count). The number of sulfone groups is 1. The van der Waals surface area contributed by atoms with Crippen molar-refractivity contribution in [1.82, 2.24) is 15.3 Å². The lowest BCUT2D eigenvalue weighted by Gasteiger charge is -2.31. The molecule has 0 aliphatic carbocycles. The Morgan fingerprint density at radius 1 is 1.17 bits per heavy atom. The molecule has 0 unspecified atom stereocenters. The van der Waals surface area contributed by atoms with Crippen molar-refractivity contribution < 1.29 is 8.42 Å². The highest BCUT2D eigenvalue weighted by molar-refractivity contribution is 7.90. The fourth-order valence-electron chi connectivity index (χ4n) is 2.57. The van der Waals surface area contributed by atoms with Gasteiger partial charge in [-0.1, -0.05) is 11.6 Å². The smallest absolute Gasteiger partial charge is 0.246 e. The van der Waals surface area contributed by atoms with Crippen molar-refractivity contribution in [2.75, 3.05) is 37.3 Å². The summed E-state index contributed by atoms with van der Waals surface area (Å²) in [6.07, 6.45) is 4.15. The summed E-state index contributed by atoms with van der Waals surface area (Å²) in [4.78, 5) is 10.2. The maximum Gasteiger partial charge on any atom is 0.246 e. The molecule has 0 atom stereocenters. The van der Waals surface area contributed by atoms with E-state index in [0.717, 1.165) is 49.2 Å². The number of anilines is 1. The maximum atomic E-state index is 11.5. The van der Waals surface area contributed by atoms with Crippen molar-refractivity contribution in [3.8, 4) is 11.1 Å². The minimum Gasteiger partial charge on any atom is -0.368 e. The van der Waals surface area contributed by atoms with Crippen LogP contribution in [0.4, 0.5) is 5.69 Å². The van der Waals surface area contributed by atoms with Gasteiger partial charge < -0.3 is 10.2 Å². The summed E-state index contributed by atoms with van der Waals surface area (Å²) in [5.41, 5.74) is 2.69. The normalized spacial score (nSPS) is 15.7. The van der Waals surface area contributed by atoms with Gasteiger partial charge in [0.25, 0.3) is 0 Å². The Labute approximate surface area is 140 Å². The lowest BCUT2D eigenvalue weighted by atomic mass is 10.1. The molecule has 0 spiro atoms. The Balaban J connectivity index is 2.02. The van der Waals surface area contributed by atoms with E-state index in [4.69, 9.17) is 11.6 Å². The zero-order valence-corrected chi connectivity index (χ0v) is 14.2. The van der Waals surface area contributed by atoms with Gasteiger partial charge in [0.2, 0.25) is 15.0 Å². The Morgan fingerprint density at radius 3 is 2.43 bits per heavy atom. The zero-order chi connectivity index (χ0) is 16.4. The fraction of sp³-hybridized carbons (Fsp3) is 0.333. The average molecular weight is 353 g/mol. The molecule has 0 radical (unpaired) electrons. The Morgan fingerprint density at radius 2 is 1.83 bits per heavy atom. The number of rotatable bonds is 3. The number of aromatic nitrogens is 2. The molecule has 122 valence electrons. The monoisotopic (exact) mass is 352 g/mol. The van der Waals surface area contributed by atoms with Crippen molar-refractivity contribution >= 4 is 27.1 Å². The maximum absolute atomic E-state index is 11.5. The van der Waals surface area contributed by atoms with Crippen molar-refractivity contribution in [3.05, 3.63) is 35.6 Å². The fourth-order valence-corrected chi connectivity index (χ4v) is 3.23. The van der Waals surface area contributed by atoms with Gasteiger partial charge in [0, 0.05) is 66.7 Å². The lowest BCUT2D eigenvalue weighted by Crippen LogP contribution is -2.43. The van der Waals surface area contributed by atoms with Gasteiger partial charge >= 0.3 is 0 Å². The Bertz CT molecular complexity index is 803. The molecule has 2 aromatic rings. The molecule has 1 aromatic heterocycles. The number of benzene rings is 1. The third-order valence-electron chi connectivity index (χ3n) is 3.69. The molecule has 2 heterocycles. The van der Waals surface area contributed by atoms with Gasteiger partial charge in [0.1, 0.15) is 0 Å². The minimum absolute atomic E-state index is 0.174. The first-order valence-electron chi connectivity index (χ1n) is 7.23. The minimum atomic E-state index is -3.41. The van der Waals surface area contributed by atoms with E-state index < -0.39 is 9.84 Å². The molecule has 23 heavy (non-hydrogen) atoms. The highest BCUT2D eigenvalue weighted by Crippen LogP contribution is 2.33. The van der Waals surface area contributed by atoms with Crippen molar-refractivity contribution in [2.24, 2.45) is 0 Å². The van der Waals surface area contributed by atoms with Gasteiger partial charge in [-0.05, 0) is 18.2 Å². The predicted octanol–water partition coefficient (Wildman–Crippen LogP) is 1.61. The van der Waals surface area contributed by atoms with Crippen LogP contribution in [0.1, 0.15) is 0 Å². The topological polar surface area (TPSA) is 75.2 Å². The number of nitrogens with one attached hydrogen (secondary N) is 1. The first-order chi connectivity index (χ1) is 10.9. The van der Waals surface area contributed by atoms with Gasteiger partial charge in [-0.3, -0.25) is 0 Å². The third kappa shape index (κ3) is 3.63. The van der Waals surface area contributed by atoms with Crippen LogP contribution >= 0.6 is 11.6 Å². The molecule has 1 fully saturated rings. The second-order valence-electron chi connectivity index (χ2n) is 5.42. The zero-order valence-electron chi connectivity index (χ0n) is 12.7. The molecular formula is C15H17ClN4O2S. The van der Waals surface area contributed by atoms with E-state index >= 15 is 0 Å². The summed E-state index contributed by atoms with van der Waals surface area (Å²) in [6.45, 7) is 3.64. The van der Waals surface area contributed by atoms with Crippen LogP contribution in [-0.4, -0.2) is 50.8 Å². The van der Waals surface area contributed by atoms with Crippen LogP contribution in [0.5, 0.6) is 0 Å². The number of piperazine rings is 1. The van der Waals surface area contributed by atoms with E-state index in [0.29, 0.717) is 5.02 Å². The first kappa shape index (κ1) is 16.2. The van der Waals surface area contributed by atoms with Crippen molar-refractivity contribution in [1.29, 1.82) is 0 Å².